The van der Waals surface area contributed by atoms with Gasteiger partial charge in [-0.1, -0.05) is 26.7 Å². The molecule has 4 nitrogen and oxygen atoms in total. The third-order valence-electron chi connectivity index (χ3n) is 1.49. The second-order valence-corrected chi connectivity index (χ2v) is 4.23. The molecule has 15 heavy (non-hydrogen) atoms. The number of phosphoric acid groups is 1. The van der Waals surface area contributed by atoms with Crippen molar-refractivity contribution < 1.29 is 18.5 Å². The molecule has 0 aliphatic heterocycles. The summed E-state index contributed by atoms with van der Waals surface area (Å²) in [6.45, 7) is 4.39. The fourth-order valence-electron chi connectivity index (χ4n) is 0.679. The molecule has 0 aliphatic carbocycles. The first-order valence-electron chi connectivity index (χ1n) is 5.10. The Morgan fingerprint density at radius 3 is 1.67 bits per heavy atom. The van der Waals surface area contributed by atoms with Crippen LogP contribution in [0.15, 0.2) is 0 Å². The number of hydrogen-bond acceptors (Lipinski definition) is 4. The van der Waals surface area contributed by atoms with Crippen molar-refractivity contribution in [1.29, 1.82) is 0 Å². The zero-order chi connectivity index (χ0) is 12.2. The van der Waals surface area contributed by atoms with Crippen LogP contribution >= 0.6 is 19.4 Å². The molecule has 0 aromatic heterocycles. The van der Waals surface area contributed by atoms with Gasteiger partial charge >= 0.3 is 0 Å². The highest BCUT2D eigenvalue weighted by Gasteiger charge is 2.07. The smallest absolute Gasteiger partial charge is 0.267 e. The van der Waals surface area contributed by atoms with E-state index in [1.54, 1.807) is 0 Å². The Hall–Kier alpha value is 0.400. The molecule has 0 spiro atoms. The van der Waals surface area contributed by atoms with E-state index in [0.29, 0.717) is 0 Å². The van der Waals surface area contributed by atoms with E-state index in [-0.39, 0.29) is 13.2 Å². The van der Waals surface area contributed by atoms with Crippen LogP contribution in [0.5, 0.6) is 0 Å². The van der Waals surface area contributed by atoms with Crippen LogP contribution in [0.2, 0.25) is 0 Å². The molecule has 0 saturated carbocycles. The van der Waals surface area contributed by atoms with Crippen molar-refractivity contribution in [3.8, 4) is 0 Å². The number of hydrogen-bond donors (Lipinski definition) is 0. The summed E-state index contributed by atoms with van der Waals surface area (Å²) < 4.78 is 20.2. The van der Waals surface area contributed by atoms with E-state index in [9.17, 15) is 9.46 Å². The molecular weight excluding hydrogens is 239 g/mol. The van der Waals surface area contributed by atoms with Crippen LogP contribution in [0.25, 0.3) is 0 Å². The monoisotopic (exact) mass is 259 g/mol. The van der Waals surface area contributed by atoms with Gasteiger partial charge in [-0.2, -0.15) is 0 Å². The summed E-state index contributed by atoms with van der Waals surface area (Å²) in [5.41, 5.74) is 0. The van der Waals surface area contributed by atoms with E-state index in [1.165, 1.54) is 6.38 Å². The highest BCUT2D eigenvalue weighted by Crippen LogP contribution is 2.38. The Morgan fingerprint density at radius 1 is 1.07 bits per heavy atom. The summed E-state index contributed by atoms with van der Waals surface area (Å²) in [5.74, 6) is 0. The minimum absolute atomic E-state index is 0.226. The number of rotatable bonds is 8. The first kappa shape index (κ1) is 17.8. The van der Waals surface area contributed by atoms with Crippen LogP contribution in [-0.2, 0) is 13.6 Å². The molecule has 0 radical (unpaired) electrons. The van der Waals surface area contributed by atoms with E-state index in [0.717, 1.165) is 25.7 Å². The van der Waals surface area contributed by atoms with Gasteiger partial charge in [0.25, 0.3) is 7.82 Å². The van der Waals surface area contributed by atoms with Gasteiger partial charge in [0, 0.05) is 6.38 Å². The minimum Gasteiger partial charge on any atom is -0.756 e. The first-order chi connectivity index (χ1) is 7.12. The standard InChI is InChI=1S/C8H19O4P.CH3Cl/c1-3-5-7-11-13(9,10)12-8-6-4-2;1-2/h3-8H2,1-2H3,(H,9,10);1H3/p-1. The lowest BCUT2D eigenvalue weighted by Crippen LogP contribution is -2.09. The third kappa shape index (κ3) is 14.4. The summed E-state index contributed by atoms with van der Waals surface area (Å²) in [5, 5.41) is 0. The summed E-state index contributed by atoms with van der Waals surface area (Å²) in [6, 6.07) is 0. The molecule has 0 unspecified atom stereocenters. The van der Waals surface area contributed by atoms with Crippen molar-refractivity contribution in [3.05, 3.63) is 0 Å². The minimum atomic E-state index is -4.00. The van der Waals surface area contributed by atoms with E-state index < -0.39 is 7.82 Å². The third-order valence-corrected chi connectivity index (χ3v) is 2.49. The highest BCUT2D eigenvalue weighted by atomic mass is 35.5. The predicted molar refractivity (Wildman–Crippen MR) is 61.1 cm³/mol. The van der Waals surface area contributed by atoms with Gasteiger partial charge in [0.1, 0.15) is 0 Å². The van der Waals surface area contributed by atoms with Gasteiger partial charge in [-0.25, -0.2) is 0 Å². The van der Waals surface area contributed by atoms with E-state index in [4.69, 9.17) is 0 Å². The molecule has 0 saturated heterocycles. The average Bonchev–Trinajstić information content (AvgIpc) is 2.21. The van der Waals surface area contributed by atoms with Crippen molar-refractivity contribution in [2.75, 3.05) is 19.6 Å². The molecule has 6 heteroatoms. The second kappa shape index (κ2) is 12.5. The fourth-order valence-corrected chi connectivity index (χ4v) is 1.46. The van der Waals surface area contributed by atoms with Crippen LogP contribution in [0.3, 0.4) is 0 Å². The van der Waals surface area contributed by atoms with E-state index in [2.05, 4.69) is 20.6 Å². The Balaban J connectivity index is 0. The zero-order valence-electron chi connectivity index (χ0n) is 9.70. The van der Waals surface area contributed by atoms with Gasteiger partial charge in [0.05, 0.1) is 13.2 Å². The molecule has 0 heterocycles. The molecule has 0 aliphatic rings. The van der Waals surface area contributed by atoms with Crippen LogP contribution in [-0.4, -0.2) is 19.6 Å². The molecule has 0 N–H and O–H groups in total. The normalized spacial score (nSPS) is 10.7. The van der Waals surface area contributed by atoms with Crippen molar-refractivity contribution in [3.63, 3.8) is 0 Å². The summed E-state index contributed by atoms with van der Waals surface area (Å²) >= 11 is 4.64. The summed E-state index contributed by atoms with van der Waals surface area (Å²) in [6.07, 6.45) is 4.77. The molecule has 0 bridgehead atoms. The molecule has 0 aromatic carbocycles. The Kier molecular flexibility index (Phi) is 14.8. The van der Waals surface area contributed by atoms with Crippen molar-refractivity contribution in [1.82, 2.24) is 0 Å². The van der Waals surface area contributed by atoms with Crippen molar-refractivity contribution >= 4 is 19.4 Å². The highest BCUT2D eigenvalue weighted by molar-refractivity contribution is 7.45. The van der Waals surface area contributed by atoms with Gasteiger partial charge < -0.3 is 13.9 Å². The van der Waals surface area contributed by atoms with E-state index >= 15 is 0 Å². The maximum atomic E-state index is 11.0. The number of halogens is 1. The zero-order valence-corrected chi connectivity index (χ0v) is 11.4. The lowest BCUT2D eigenvalue weighted by molar-refractivity contribution is -0.225. The Morgan fingerprint density at radius 2 is 1.40 bits per heavy atom. The second-order valence-electron chi connectivity index (χ2n) is 2.82. The fraction of sp³-hybridized carbons (Fsp3) is 1.00. The lowest BCUT2D eigenvalue weighted by Gasteiger charge is -2.22. The molecule has 0 aromatic rings. The van der Waals surface area contributed by atoms with Gasteiger partial charge in [-0.15, -0.1) is 11.6 Å². The average molecular weight is 260 g/mol. The molecule has 0 rings (SSSR count). The van der Waals surface area contributed by atoms with Crippen LogP contribution < -0.4 is 4.89 Å². The Labute approximate surface area is 97.5 Å². The Bertz CT molecular complexity index is 152. The maximum absolute atomic E-state index is 11.0. The van der Waals surface area contributed by atoms with Crippen LogP contribution in [0.1, 0.15) is 39.5 Å². The number of phosphoric ester groups is 1. The largest absolute Gasteiger partial charge is 0.756 e. The van der Waals surface area contributed by atoms with Crippen molar-refractivity contribution in [2.45, 2.75) is 39.5 Å². The summed E-state index contributed by atoms with van der Waals surface area (Å²) in [7, 11) is -4.00. The maximum Gasteiger partial charge on any atom is 0.267 e. The SMILES string of the molecule is CCCCOP(=O)([O-])OCCCC.CCl. The first-order valence-corrected chi connectivity index (χ1v) is 7.32. The van der Waals surface area contributed by atoms with E-state index in [1.807, 2.05) is 13.8 Å². The molecular formula is C9H21ClO4P-. The number of unbranched alkanes of at least 4 members (excludes halogenated alkanes) is 2. The lowest BCUT2D eigenvalue weighted by atomic mass is 10.4. The molecule has 0 fully saturated rings. The molecule has 94 valence electrons. The predicted octanol–water partition coefficient (Wildman–Crippen LogP) is 2.94. The van der Waals surface area contributed by atoms with Gasteiger partial charge in [0.15, 0.2) is 0 Å². The van der Waals surface area contributed by atoms with Gasteiger partial charge in [-0.3, -0.25) is 4.57 Å². The summed E-state index contributed by atoms with van der Waals surface area (Å²) in [4.78, 5) is 11.0. The van der Waals surface area contributed by atoms with Crippen LogP contribution in [0.4, 0.5) is 0 Å². The topological polar surface area (TPSA) is 58.6 Å². The number of alkyl halides is 1. The molecule has 0 amide bonds. The quantitative estimate of drug-likeness (QED) is 0.382. The van der Waals surface area contributed by atoms with Gasteiger partial charge in [-0.05, 0) is 12.8 Å². The molecule has 0 atom stereocenters. The van der Waals surface area contributed by atoms with Crippen LogP contribution in [0, 0.1) is 0 Å². The van der Waals surface area contributed by atoms with Crippen molar-refractivity contribution in [2.24, 2.45) is 0 Å². The van der Waals surface area contributed by atoms with Gasteiger partial charge in [0.2, 0.25) is 0 Å².